The SMILES string of the molecule is CC1CC(C)(C)N1C(=O)C(Cl)Cl. The Hall–Kier alpha value is 0.0500. The molecule has 1 aliphatic rings. The molecule has 1 rings (SSSR count). The number of halogens is 2. The van der Waals surface area contributed by atoms with E-state index in [0.29, 0.717) is 0 Å². The second-order valence-electron chi connectivity index (χ2n) is 3.87. The molecule has 1 aliphatic heterocycles. The highest BCUT2D eigenvalue weighted by Crippen LogP contribution is 2.36. The van der Waals surface area contributed by atoms with Gasteiger partial charge in [0.15, 0.2) is 4.84 Å². The normalized spacial score (nSPS) is 27.2. The van der Waals surface area contributed by atoms with E-state index in [9.17, 15) is 4.79 Å². The van der Waals surface area contributed by atoms with Gasteiger partial charge in [0, 0.05) is 11.6 Å². The van der Waals surface area contributed by atoms with Gasteiger partial charge >= 0.3 is 0 Å². The Balaban J connectivity index is 2.68. The maximum Gasteiger partial charge on any atom is 0.256 e. The van der Waals surface area contributed by atoms with Gasteiger partial charge in [-0.2, -0.15) is 0 Å². The van der Waals surface area contributed by atoms with Crippen LogP contribution in [0, 0.1) is 0 Å². The lowest BCUT2D eigenvalue weighted by atomic mass is 9.82. The van der Waals surface area contributed by atoms with Crippen LogP contribution in [0.5, 0.6) is 0 Å². The first kappa shape index (κ1) is 10.1. The fraction of sp³-hybridized carbons (Fsp3) is 0.875. The molecule has 70 valence electrons. The second kappa shape index (κ2) is 3.08. The molecule has 0 saturated carbocycles. The third-order valence-corrected chi connectivity index (χ3v) is 2.69. The smallest absolute Gasteiger partial charge is 0.256 e. The maximum absolute atomic E-state index is 11.4. The summed E-state index contributed by atoms with van der Waals surface area (Å²) in [6, 6.07) is 0.271. The quantitative estimate of drug-likeness (QED) is 0.607. The van der Waals surface area contributed by atoms with Crippen molar-refractivity contribution in [2.75, 3.05) is 0 Å². The molecule has 0 spiro atoms. The van der Waals surface area contributed by atoms with Crippen molar-refractivity contribution < 1.29 is 4.79 Å². The summed E-state index contributed by atoms with van der Waals surface area (Å²) in [5.41, 5.74) is -0.0709. The first-order valence-corrected chi connectivity index (χ1v) is 4.85. The van der Waals surface area contributed by atoms with E-state index in [4.69, 9.17) is 23.2 Å². The number of likely N-dealkylation sites (tertiary alicyclic amines) is 1. The van der Waals surface area contributed by atoms with Crippen LogP contribution in [0.2, 0.25) is 0 Å². The Labute approximate surface area is 82.8 Å². The summed E-state index contributed by atoms with van der Waals surface area (Å²) >= 11 is 11.0. The zero-order chi connectivity index (χ0) is 9.52. The van der Waals surface area contributed by atoms with Crippen LogP contribution >= 0.6 is 23.2 Å². The Morgan fingerprint density at radius 1 is 1.58 bits per heavy atom. The van der Waals surface area contributed by atoms with Crippen LogP contribution in [-0.2, 0) is 4.79 Å². The van der Waals surface area contributed by atoms with Crippen molar-refractivity contribution in [1.29, 1.82) is 0 Å². The maximum atomic E-state index is 11.4. The van der Waals surface area contributed by atoms with Crippen molar-refractivity contribution in [3.05, 3.63) is 0 Å². The van der Waals surface area contributed by atoms with Crippen molar-refractivity contribution in [1.82, 2.24) is 4.90 Å². The molecule has 2 nitrogen and oxygen atoms in total. The molecule has 1 fully saturated rings. The van der Waals surface area contributed by atoms with E-state index in [1.165, 1.54) is 0 Å². The highest BCUT2D eigenvalue weighted by atomic mass is 35.5. The van der Waals surface area contributed by atoms with Crippen molar-refractivity contribution in [3.63, 3.8) is 0 Å². The molecule has 4 heteroatoms. The van der Waals surface area contributed by atoms with Crippen LogP contribution in [0.3, 0.4) is 0 Å². The molecule has 0 radical (unpaired) electrons. The minimum Gasteiger partial charge on any atom is -0.332 e. The van der Waals surface area contributed by atoms with Gasteiger partial charge in [0.05, 0.1) is 0 Å². The summed E-state index contributed by atoms with van der Waals surface area (Å²) in [6.45, 7) is 6.03. The molecule has 0 bridgehead atoms. The molecule has 1 unspecified atom stereocenters. The monoisotopic (exact) mass is 209 g/mol. The number of amides is 1. The molecule has 1 amide bonds. The molecule has 1 heterocycles. The lowest BCUT2D eigenvalue weighted by Gasteiger charge is -2.54. The van der Waals surface area contributed by atoms with E-state index >= 15 is 0 Å². The van der Waals surface area contributed by atoms with E-state index in [-0.39, 0.29) is 17.5 Å². The second-order valence-corrected chi connectivity index (χ2v) is 4.97. The zero-order valence-corrected chi connectivity index (χ0v) is 8.99. The van der Waals surface area contributed by atoms with Crippen molar-refractivity contribution in [2.24, 2.45) is 0 Å². The summed E-state index contributed by atoms with van der Waals surface area (Å²) in [7, 11) is 0. The molecule has 0 aliphatic carbocycles. The number of hydrogen-bond donors (Lipinski definition) is 0. The summed E-state index contributed by atoms with van der Waals surface area (Å²) in [4.78, 5) is 12.2. The third-order valence-electron chi connectivity index (χ3n) is 2.31. The first-order chi connectivity index (χ1) is 5.36. The van der Waals surface area contributed by atoms with Crippen LogP contribution in [0.25, 0.3) is 0 Å². The molecular formula is C8H13Cl2NO. The van der Waals surface area contributed by atoms with E-state index in [0.717, 1.165) is 6.42 Å². The number of rotatable bonds is 1. The topological polar surface area (TPSA) is 20.3 Å². The lowest BCUT2D eigenvalue weighted by Crippen LogP contribution is -2.64. The average Bonchev–Trinajstić information content (AvgIpc) is 1.84. The molecule has 0 N–H and O–H groups in total. The summed E-state index contributed by atoms with van der Waals surface area (Å²) in [5, 5.41) is 0. The Morgan fingerprint density at radius 2 is 2.08 bits per heavy atom. The van der Waals surface area contributed by atoms with Gasteiger partial charge in [-0.05, 0) is 27.2 Å². The summed E-state index contributed by atoms with van der Waals surface area (Å²) in [6.07, 6.45) is 1.01. The number of carbonyl (C=O) groups is 1. The predicted molar refractivity (Wildman–Crippen MR) is 50.5 cm³/mol. The molecule has 0 aromatic rings. The van der Waals surface area contributed by atoms with Gasteiger partial charge in [-0.1, -0.05) is 23.2 Å². The summed E-state index contributed by atoms with van der Waals surface area (Å²) < 4.78 is 0. The number of carbonyl (C=O) groups excluding carboxylic acids is 1. The molecule has 12 heavy (non-hydrogen) atoms. The Bertz CT molecular complexity index is 203. The van der Waals surface area contributed by atoms with Crippen molar-refractivity contribution >= 4 is 29.1 Å². The first-order valence-electron chi connectivity index (χ1n) is 3.97. The number of nitrogens with zero attached hydrogens (tertiary/aromatic N) is 1. The Kier molecular flexibility index (Phi) is 2.60. The Morgan fingerprint density at radius 3 is 2.25 bits per heavy atom. The van der Waals surface area contributed by atoms with Gasteiger partial charge in [-0.3, -0.25) is 4.79 Å². The van der Waals surface area contributed by atoms with Gasteiger partial charge < -0.3 is 4.90 Å². The van der Waals surface area contributed by atoms with Crippen LogP contribution in [0.15, 0.2) is 0 Å². The fourth-order valence-electron chi connectivity index (χ4n) is 2.02. The average molecular weight is 210 g/mol. The molecule has 0 aromatic carbocycles. The van der Waals surface area contributed by atoms with Gasteiger partial charge in [-0.15, -0.1) is 0 Å². The van der Waals surface area contributed by atoms with E-state index in [2.05, 4.69) is 0 Å². The van der Waals surface area contributed by atoms with Crippen LogP contribution in [0.1, 0.15) is 27.2 Å². The van der Waals surface area contributed by atoms with E-state index in [1.54, 1.807) is 4.90 Å². The lowest BCUT2D eigenvalue weighted by molar-refractivity contribution is -0.149. The van der Waals surface area contributed by atoms with Gasteiger partial charge in [0.2, 0.25) is 0 Å². The van der Waals surface area contributed by atoms with E-state index < -0.39 is 4.84 Å². The van der Waals surface area contributed by atoms with Gasteiger partial charge in [-0.25, -0.2) is 0 Å². The largest absolute Gasteiger partial charge is 0.332 e. The zero-order valence-electron chi connectivity index (χ0n) is 7.47. The van der Waals surface area contributed by atoms with Gasteiger partial charge in [0.1, 0.15) is 0 Å². The number of hydrogen-bond acceptors (Lipinski definition) is 1. The molecular weight excluding hydrogens is 197 g/mol. The highest BCUT2D eigenvalue weighted by molar-refractivity contribution is 6.53. The van der Waals surface area contributed by atoms with Crippen LogP contribution in [0.4, 0.5) is 0 Å². The van der Waals surface area contributed by atoms with Crippen molar-refractivity contribution in [2.45, 2.75) is 43.6 Å². The fourth-order valence-corrected chi connectivity index (χ4v) is 2.23. The molecule has 1 saturated heterocycles. The molecule has 0 aromatic heterocycles. The minimum absolute atomic E-state index is 0.0709. The van der Waals surface area contributed by atoms with Crippen LogP contribution < -0.4 is 0 Å². The minimum atomic E-state index is -0.924. The predicted octanol–water partition coefficient (Wildman–Crippen LogP) is 2.19. The number of alkyl halides is 2. The van der Waals surface area contributed by atoms with Crippen molar-refractivity contribution in [3.8, 4) is 0 Å². The summed E-state index contributed by atoms with van der Waals surface area (Å²) in [5.74, 6) is -0.179. The van der Waals surface area contributed by atoms with Gasteiger partial charge in [0.25, 0.3) is 5.91 Å². The van der Waals surface area contributed by atoms with Crippen LogP contribution in [-0.4, -0.2) is 27.2 Å². The van der Waals surface area contributed by atoms with E-state index in [1.807, 2.05) is 20.8 Å². The standard InChI is InChI=1S/C8H13Cl2NO/c1-5-4-8(2,3)11(5)7(12)6(9)10/h5-6H,4H2,1-3H3. The highest BCUT2D eigenvalue weighted by Gasteiger charge is 2.46. The third kappa shape index (κ3) is 1.55. The molecule has 1 atom stereocenters.